The molecule has 0 aliphatic rings. The Balaban J connectivity index is 3.36. The minimum absolute atomic E-state index is 0.0337. The van der Waals surface area contributed by atoms with Crippen LogP contribution in [-0.4, -0.2) is 42.2 Å². The van der Waals surface area contributed by atoms with Gasteiger partial charge in [-0.05, 0) is 6.42 Å². The molecule has 1 unspecified atom stereocenters. The topological polar surface area (TPSA) is 102 Å². The first kappa shape index (κ1) is 16.5. The van der Waals surface area contributed by atoms with Crippen molar-refractivity contribution >= 4 is 13.8 Å². The van der Waals surface area contributed by atoms with Gasteiger partial charge in [-0.2, -0.15) is 0 Å². The average molecular weight is 270 g/mol. The number of esters is 1. The number of carbonyl (C=O) groups excluding carboxylic acids is 1. The second-order valence-corrected chi connectivity index (χ2v) is 4.65. The molecule has 0 aromatic carbocycles. The number of rotatable bonds is 9. The molecule has 102 valence electrons. The second-order valence-electron chi connectivity index (χ2n) is 3.41. The number of ether oxygens (including phenoxy) is 2. The van der Waals surface area contributed by atoms with Gasteiger partial charge in [-0.25, -0.2) is 4.57 Å². The largest absolute Gasteiger partial charge is 0.469 e. The summed E-state index contributed by atoms with van der Waals surface area (Å²) in [7, 11) is -4.42. The van der Waals surface area contributed by atoms with E-state index in [9.17, 15) is 9.36 Å². The quantitative estimate of drug-likeness (QED) is 0.361. The number of hydrogen-bond donors (Lipinski definition) is 2. The van der Waals surface area contributed by atoms with E-state index in [1.165, 1.54) is 0 Å². The van der Waals surface area contributed by atoms with Crippen molar-refractivity contribution in [2.75, 3.05) is 26.4 Å². The van der Waals surface area contributed by atoms with Gasteiger partial charge in [0.1, 0.15) is 6.61 Å². The molecule has 0 bridgehead atoms. The molecular weight excluding hydrogens is 251 g/mol. The van der Waals surface area contributed by atoms with Crippen LogP contribution in [0.4, 0.5) is 0 Å². The summed E-state index contributed by atoms with van der Waals surface area (Å²) < 4.78 is 24.2. The summed E-state index contributed by atoms with van der Waals surface area (Å²) in [5.74, 6) is -0.407. The van der Waals surface area contributed by atoms with Crippen LogP contribution in [0.15, 0.2) is 0 Å². The lowest BCUT2D eigenvalue weighted by Crippen LogP contribution is -2.17. The third-order valence-corrected chi connectivity index (χ3v) is 2.49. The minimum atomic E-state index is -4.42. The van der Waals surface area contributed by atoms with Crippen molar-refractivity contribution in [2.45, 2.75) is 20.3 Å². The van der Waals surface area contributed by atoms with Gasteiger partial charge in [0, 0.05) is 0 Å². The van der Waals surface area contributed by atoms with Crippen LogP contribution in [0.3, 0.4) is 0 Å². The smallest absolute Gasteiger partial charge is 0.463 e. The highest BCUT2D eigenvalue weighted by atomic mass is 31.2. The molecule has 0 aliphatic carbocycles. The van der Waals surface area contributed by atoms with Gasteiger partial charge in [0.05, 0.1) is 25.7 Å². The Kier molecular flexibility index (Phi) is 8.37. The highest BCUT2D eigenvalue weighted by Crippen LogP contribution is 2.35. The zero-order valence-electron chi connectivity index (χ0n) is 10.00. The van der Waals surface area contributed by atoms with Gasteiger partial charge in [0.15, 0.2) is 0 Å². The maximum Gasteiger partial charge on any atom is 0.469 e. The zero-order valence-corrected chi connectivity index (χ0v) is 10.9. The predicted octanol–water partition coefficient (Wildman–Crippen LogP) is 0.702. The Morgan fingerprint density at radius 2 is 1.82 bits per heavy atom. The van der Waals surface area contributed by atoms with Crippen LogP contribution in [0.1, 0.15) is 20.3 Å². The van der Waals surface area contributed by atoms with E-state index in [-0.39, 0.29) is 38.3 Å². The van der Waals surface area contributed by atoms with Crippen LogP contribution in [0.25, 0.3) is 0 Å². The van der Waals surface area contributed by atoms with Crippen molar-refractivity contribution < 1.29 is 33.1 Å². The monoisotopic (exact) mass is 270 g/mol. The summed E-state index contributed by atoms with van der Waals surface area (Å²) in [5, 5.41) is 0. The summed E-state index contributed by atoms with van der Waals surface area (Å²) in [6.45, 7) is 3.79. The van der Waals surface area contributed by atoms with E-state index in [4.69, 9.17) is 19.3 Å². The lowest BCUT2D eigenvalue weighted by atomic mass is 10.1. The molecule has 0 fully saturated rings. The van der Waals surface area contributed by atoms with Gasteiger partial charge in [-0.15, -0.1) is 0 Å². The Hall–Kier alpha value is -0.460. The molecule has 1 atom stereocenters. The summed E-state index contributed by atoms with van der Waals surface area (Å²) in [6, 6.07) is 0. The lowest BCUT2D eigenvalue weighted by molar-refractivity contribution is -0.149. The van der Waals surface area contributed by atoms with Crippen LogP contribution >= 0.6 is 7.82 Å². The zero-order chi connectivity index (χ0) is 13.3. The maximum atomic E-state index is 11.2. The molecule has 17 heavy (non-hydrogen) atoms. The fourth-order valence-electron chi connectivity index (χ4n) is 0.827. The van der Waals surface area contributed by atoms with Crippen LogP contribution in [0.2, 0.25) is 0 Å². The van der Waals surface area contributed by atoms with Crippen LogP contribution in [0, 0.1) is 5.92 Å². The van der Waals surface area contributed by atoms with E-state index in [1.54, 1.807) is 6.92 Å². The van der Waals surface area contributed by atoms with E-state index in [1.807, 2.05) is 6.92 Å². The molecule has 2 N–H and O–H groups in total. The van der Waals surface area contributed by atoms with E-state index < -0.39 is 7.82 Å². The van der Waals surface area contributed by atoms with Crippen molar-refractivity contribution in [1.82, 2.24) is 0 Å². The fraction of sp³-hybridized carbons (Fsp3) is 0.889. The Morgan fingerprint density at radius 1 is 1.24 bits per heavy atom. The van der Waals surface area contributed by atoms with Crippen molar-refractivity contribution in [3.63, 3.8) is 0 Å². The van der Waals surface area contributed by atoms with Gasteiger partial charge < -0.3 is 19.3 Å². The third kappa shape index (κ3) is 10.4. The van der Waals surface area contributed by atoms with E-state index in [0.717, 1.165) is 6.42 Å². The minimum Gasteiger partial charge on any atom is -0.463 e. The molecule has 8 heteroatoms. The first-order chi connectivity index (χ1) is 7.87. The Bertz CT molecular complexity index is 262. The molecule has 0 amide bonds. The molecule has 0 radical (unpaired) electrons. The second kappa shape index (κ2) is 8.60. The third-order valence-electron chi connectivity index (χ3n) is 1.97. The number of carbonyl (C=O) groups is 1. The molecular formula is C9H19O7P. The van der Waals surface area contributed by atoms with E-state index >= 15 is 0 Å². The standard InChI is InChI=1S/C9H19O7P/c1-3-8(2)9(10)15-6-4-14-5-7-16-17(11,12)13/h8H,3-7H2,1-2H3,(H2,11,12,13). The summed E-state index contributed by atoms with van der Waals surface area (Å²) in [4.78, 5) is 27.9. The van der Waals surface area contributed by atoms with Crippen molar-refractivity contribution in [2.24, 2.45) is 5.92 Å². The Labute approximate surface area is 100 Å². The molecule has 7 nitrogen and oxygen atoms in total. The molecule has 0 saturated heterocycles. The molecule has 0 aromatic heterocycles. The summed E-state index contributed by atoms with van der Waals surface area (Å²) in [6.07, 6.45) is 0.718. The van der Waals surface area contributed by atoms with Crippen molar-refractivity contribution in [3.05, 3.63) is 0 Å². The normalized spacial score (nSPS) is 13.4. The average Bonchev–Trinajstić information content (AvgIpc) is 2.24. The summed E-state index contributed by atoms with van der Waals surface area (Å²) >= 11 is 0. The highest BCUT2D eigenvalue weighted by Gasteiger charge is 2.13. The van der Waals surface area contributed by atoms with Gasteiger partial charge in [-0.3, -0.25) is 9.32 Å². The number of hydrogen-bond acceptors (Lipinski definition) is 5. The first-order valence-corrected chi connectivity index (χ1v) is 6.84. The van der Waals surface area contributed by atoms with Crippen LogP contribution < -0.4 is 0 Å². The van der Waals surface area contributed by atoms with Gasteiger partial charge in [0.25, 0.3) is 0 Å². The summed E-state index contributed by atoms with van der Waals surface area (Å²) in [5.41, 5.74) is 0. The molecule has 0 aliphatic heterocycles. The van der Waals surface area contributed by atoms with Gasteiger partial charge in [0.2, 0.25) is 0 Å². The predicted molar refractivity (Wildman–Crippen MR) is 59.2 cm³/mol. The SMILES string of the molecule is CCC(C)C(=O)OCCOCCOP(=O)(O)O. The first-order valence-electron chi connectivity index (χ1n) is 5.31. The highest BCUT2D eigenvalue weighted by molar-refractivity contribution is 7.46. The lowest BCUT2D eigenvalue weighted by Gasteiger charge is -2.09. The van der Waals surface area contributed by atoms with Gasteiger partial charge in [-0.1, -0.05) is 13.8 Å². The molecule has 0 rings (SSSR count). The van der Waals surface area contributed by atoms with Crippen molar-refractivity contribution in [3.8, 4) is 0 Å². The van der Waals surface area contributed by atoms with Gasteiger partial charge >= 0.3 is 13.8 Å². The van der Waals surface area contributed by atoms with E-state index in [0.29, 0.717) is 0 Å². The fourth-order valence-corrected chi connectivity index (χ4v) is 1.14. The Morgan fingerprint density at radius 3 is 2.35 bits per heavy atom. The van der Waals surface area contributed by atoms with Crippen LogP contribution in [-0.2, 0) is 23.4 Å². The number of phosphoric ester groups is 1. The molecule has 0 spiro atoms. The molecule has 0 aromatic rings. The maximum absolute atomic E-state index is 11.2. The molecule has 0 saturated carbocycles. The van der Waals surface area contributed by atoms with Crippen LogP contribution in [0.5, 0.6) is 0 Å². The van der Waals surface area contributed by atoms with Crippen molar-refractivity contribution in [1.29, 1.82) is 0 Å². The van der Waals surface area contributed by atoms with E-state index in [2.05, 4.69) is 4.52 Å². The number of phosphoric acid groups is 1. The molecule has 0 heterocycles.